The predicted octanol–water partition coefficient (Wildman–Crippen LogP) is 3.03. The highest BCUT2D eigenvalue weighted by atomic mass is 16.5. The number of likely N-dealkylation sites (N-methyl/N-ethyl adjacent to an activating group) is 1. The lowest BCUT2D eigenvalue weighted by Crippen LogP contribution is -2.35. The van der Waals surface area contributed by atoms with E-state index in [1.54, 1.807) is 0 Å². The molecule has 16 heavy (non-hydrogen) atoms. The summed E-state index contributed by atoms with van der Waals surface area (Å²) in [5.41, 5.74) is 0. The maximum absolute atomic E-state index is 6.10. The van der Waals surface area contributed by atoms with Crippen molar-refractivity contribution in [1.29, 1.82) is 0 Å². The molecular formula is C14H29NO. The van der Waals surface area contributed by atoms with Crippen LogP contribution in [0.15, 0.2) is 0 Å². The van der Waals surface area contributed by atoms with E-state index in [-0.39, 0.29) is 0 Å². The highest BCUT2D eigenvalue weighted by Gasteiger charge is 2.31. The molecule has 96 valence electrons. The Balaban J connectivity index is 2.38. The standard InChI is InChI=1S/C14H29NO/c1-11(2)13-7-6-12(3)10-14(13)16-9-8-15(4)5/h11-14H,6-10H2,1-5H3/t12-,13-,14+/m0/s1. The molecular weight excluding hydrogens is 198 g/mol. The smallest absolute Gasteiger partial charge is 0.0608 e. The molecule has 3 atom stereocenters. The van der Waals surface area contributed by atoms with Crippen LogP contribution in [-0.2, 0) is 4.74 Å². The third-order valence-electron chi connectivity index (χ3n) is 3.83. The van der Waals surface area contributed by atoms with Crippen molar-refractivity contribution in [1.82, 2.24) is 4.90 Å². The van der Waals surface area contributed by atoms with Crippen LogP contribution in [0.4, 0.5) is 0 Å². The van der Waals surface area contributed by atoms with Crippen LogP contribution in [-0.4, -0.2) is 38.3 Å². The van der Waals surface area contributed by atoms with Crippen LogP contribution in [0.1, 0.15) is 40.0 Å². The second kappa shape index (κ2) is 6.61. The second-order valence-electron chi connectivity index (χ2n) is 6.04. The molecule has 0 radical (unpaired) electrons. The zero-order valence-corrected chi connectivity index (χ0v) is 11.7. The van der Waals surface area contributed by atoms with Gasteiger partial charge in [-0.2, -0.15) is 0 Å². The Morgan fingerprint density at radius 3 is 2.50 bits per heavy atom. The first-order valence-corrected chi connectivity index (χ1v) is 6.77. The van der Waals surface area contributed by atoms with Gasteiger partial charge >= 0.3 is 0 Å². The molecule has 1 saturated carbocycles. The number of hydrogen-bond acceptors (Lipinski definition) is 2. The van der Waals surface area contributed by atoms with Crippen molar-refractivity contribution in [2.75, 3.05) is 27.2 Å². The molecule has 2 heteroatoms. The van der Waals surface area contributed by atoms with Gasteiger partial charge in [0.15, 0.2) is 0 Å². The van der Waals surface area contributed by atoms with E-state index in [1.165, 1.54) is 19.3 Å². The maximum atomic E-state index is 6.10. The summed E-state index contributed by atoms with van der Waals surface area (Å²) in [6.07, 6.45) is 4.50. The van der Waals surface area contributed by atoms with Gasteiger partial charge in [0.25, 0.3) is 0 Å². The molecule has 0 spiro atoms. The SMILES string of the molecule is CC(C)[C@@H]1CC[C@H](C)C[C@H]1OCCN(C)C. The molecule has 2 nitrogen and oxygen atoms in total. The van der Waals surface area contributed by atoms with Crippen molar-refractivity contribution < 1.29 is 4.74 Å². The molecule has 0 aromatic heterocycles. The van der Waals surface area contributed by atoms with Gasteiger partial charge in [-0.15, -0.1) is 0 Å². The Hall–Kier alpha value is -0.0800. The van der Waals surface area contributed by atoms with Crippen LogP contribution >= 0.6 is 0 Å². The normalized spacial score (nSPS) is 31.3. The third-order valence-corrected chi connectivity index (χ3v) is 3.83. The molecule has 1 fully saturated rings. The van der Waals surface area contributed by atoms with Crippen molar-refractivity contribution in [2.45, 2.75) is 46.1 Å². The topological polar surface area (TPSA) is 12.5 Å². The average molecular weight is 227 g/mol. The fourth-order valence-electron chi connectivity index (χ4n) is 2.69. The average Bonchev–Trinajstić information content (AvgIpc) is 2.16. The monoisotopic (exact) mass is 227 g/mol. The fourth-order valence-corrected chi connectivity index (χ4v) is 2.69. The van der Waals surface area contributed by atoms with E-state index in [0.29, 0.717) is 6.10 Å². The lowest BCUT2D eigenvalue weighted by Gasteiger charge is -2.37. The quantitative estimate of drug-likeness (QED) is 0.716. The summed E-state index contributed by atoms with van der Waals surface area (Å²) in [4.78, 5) is 2.19. The van der Waals surface area contributed by atoms with Crippen molar-refractivity contribution in [2.24, 2.45) is 17.8 Å². The van der Waals surface area contributed by atoms with Crippen LogP contribution in [0.25, 0.3) is 0 Å². The highest BCUT2D eigenvalue weighted by molar-refractivity contribution is 4.81. The predicted molar refractivity (Wildman–Crippen MR) is 69.6 cm³/mol. The van der Waals surface area contributed by atoms with Gasteiger partial charge in [-0.25, -0.2) is 0 Å². The van der Waals surface area contributed by atoms with E-state index in [1.807, 2.05) is 0 Å². The minimum atomic E-state index is 0.503. The summed E-state index contributed by atoms with van der Waals surface area (Å²) < 4.78 is 6.10. The van der Waals surface area contributed by atoms with Gasteiger partial charge < -0.3 is 9.64 Å². The lowest BCUT2D eigenvalue weighted by molar-refractivity contribution is -0.0417. The molecule has 0 amide bonds. The van der Waals surface area contributed by atoms with Gasteiger partial charge in [0.2, 0.25) is 0 Å². The van der Waals surface area contributed by atoms with Crippen LogP contribution in [0, 0.1) is 17.8 Å². The molecule has 1 rings (SSSR count). The van der Waals surface area contributed by atoms with Crippen molar-refractivity contribution >= 4 is 0 Å². The molecule has 1 aliphatic carbocycles. The zero-order valence-electron chi connectivity index (χ0n) is 11.7. The Morgan fingerprint density at radius 1 is 1.25 bits per heavy atom. The van der Waals surface area contributed by atoms with E-state index < -0.39 is 0 Å². The van der Waals surface area contributed by atoms with Gasteiger partial charge in [0.05, 0.1) is 12.7 Å². The van der Waals surface area contributed by atoms with Gasteiger partial charge in [-0.05, 0) is 44.7 Å². The van der Waals surface area contributed by atoms with Crippen molar-refractivity contribution in [3.63, 3.8) is 0 Å². The second-order valence-corrected chi connectivity index (χ2v) is 6.04. The largest absolute Gasteiger partial charge is 0.377 e. The summed E-state index contributed by atoms with van der Waals surface area (Å²) in [6, 6.07) is 0. The van der Waals surface area contributed by atoms with Crippen LogP contribution < -0.4 is 0 Å². The highest BCUT2D eigenvalue weighted by Crippen LogP contribution is 2.35. The number of nitrogens with zero attached hydrogens (tertiary/aromatic N) is 1. The van der Waals surface area contributed by atoms with Crippen LogP contribution in [0.2, 0.25) is 0 Å². The van der Waals surface area contributed by atoms with Crippen molar-refractivity contribution in [3.05, 3.63) is 0 Å². The number of hydrogen-bond donors (Lipinski definition) is 0. The Morgan fingerprint density at radius 2 is 1.94 bits per heavy atom. The van der Waals surface area contributed by atoms with E-state index in [9.17, 15) is 0 Å². The van der Waals surface area contributed by atoms with Crippen molar-refractivity contribution in [3.8, 4) is 0 Å². The lowest BCUT2D eigenvalue weighted by atomic mass is 9.75. The molecule has 0 N–H and O–H groups in total. The molecule has 0 aliphatic heterocycles. The molecule has 0 saturated heterocycles. The first kappa shape index (κ1) is 14.0. The molecule has 0 unspecified atom stereocenters. The maximum Gasteiger partial charge on any atom is 0.0608 e. The van der Waals surface area contributed by atoms with Gasteiger partial charge in [0, 0.05) is 6.54 Å². The molecule has 0 heterocycles. The summed E-state index contributed by atoms with van der Waals surface area (Å²) in [6.45, 7) is 8.95. The summed E-state index contributed by atoms with van der Waals surface area (Å²) in [5.74, 6) is 2.38. The van der Waals surface area contributed by atoms with Gasteiger partial charge in [-0.3, -0.25) is 0 Å². The Labute approximate surface area is 101 Å². The first-order valence-electron chi connectivity index (χ1n) is 6.77. The van der Waals surface area contributed by atoms with E-state index in [0.717, 1.165) is 30.9 Å². The molecule has 1 aliphatic rings. The third kappa shape index (κ3) is 4.42. The van der Waals surface area contributed by atoms with E-state index >= 15 is 0 Å². The number of rotatable bonds is 5. The number of ether oxygens (including phenoxy) is 1. The first-order chi connectivity index (χ1) is 7.50. The molecule has 0 aromatic rings. The molecule has 0 aromatic carbocycles. The van der Waals surface area contributed by atoms with Crippen LogP contribution in [0.5, 0.6) is 0 Å². The zero-order chi connectivity index (χ0) is 12.1. The summed E-state index contributed by atoms with van der Waals surface area (Å²) in [7, 11) is 4.21. The Kier molecular flexibility index (Phi) is 5.77. The van der Waals surface area contributed by atoms with Gasteiger partial charge in [-0.1, -0.05) is 27.2 Å². The summed E-state index contributed by atoms with van der Waals surface area (Å²) in [5, 5.41) is 0. The van der Waals surface area contributed by atoms with E-state index in [2.05, 4.69) is 39.8 Å². The van der Waals surface area contributed by atoms with Gasteiger partial charge in [0.1, 0.15) is 0 Å². The minimum Gasteiger partial charge on any atom is -0.377 e. The molecule has 0 bridgehead atoms. The van der Waals surface area contributed by atoms with Crippen LogP contribution in [0.3, 0.4) is 0 Å². The fraction of sp³-hybridized carbons (Fsp3) is 1.00. The Bertz CT molecular complexity index is 191. The van der Waals surface area contributed by atoms with E-state index in [4.69, 9.17) is 4.74 Å². The summed E-state index contributed by atoms with van der Waals surface area (Å²) >= 11 is 0. The minimum absolute atomic E-state index is 0.503.